The van der Waals surface area contributed by atoms with Gasteiger partial charge in [0, 0.05) is 11.5 Å². The largest absolute Gasteiger partial charge is 0.390 e. The first-order chi connectivity index (χ1) is 8.56. The summed E-state index contributed by atoms with van der Waals surface area (Å²) in [4.78, 5) is 10.9. The highest BCUT2D eigenvalue weighted by molar-refractivity contribution is 5.77. The molecule has 0 amide bonds. The Balaban J connectivity index is 2.35. The van der Waals surface area contributed by atoms with Crippen molar-refractivity contribution in [2.45, 2.75) is 36.8 Å². The second kappa shape index (κ2) is 5.16. The van der Waals surface area contributed by atoms with Gasteiger partial charge in [0.25, 0.3) is 0 Å². The third-order valence-electron chi connectivity index (χ3n) is 3.52. The van der Waals surface area contributed by atoms with E-state index >= 15 is 0 Å². The van der Waals surface area contributed by atoms with Crippen molar-refractivity contribution in [3.63, 3.8) is 0 Å². The van der Waals surface area contributed by atoms with E-state index in [1.807, 2.05) is 0 Å². The van der Waals surface area contributed by atoms with E-state index in [-0.39, 0.29) is 6.42 Å². The molecule has 18 heavy (non-hydrogen) atoms. The minimum Gasteiger partial charge on any atom is -0.390 e. The van der Waals surface area contributed by atoms with Crippen molar-refractivity contribution in [1.29, 1.82) is 0 Å². The Morgan fingerprint density at radius 1 is 1.00 bits per heavy atom. The van der Waals surface area contributed by atoms with E-state index in [2.05, 4.69) is 0 Å². The van der Waals surface area contributed by atoms with E-state index in [4.69, 9.17) is 0 Å². The number of hydrogen-bond acceptors (Lipinski definition) is 5. The van der Waals surface area contributed by atoms with Gasteiger partial charge in [-0.25, -0.2) is 0 Å². The lowest BCUT2D eigenvalue weighted by Gasteiger charge is -2.38. The van der Waals surface area contributed by atoms with Crippen LogP contribution >= 0.6 is 0 Å². The highest BCUT2D eigenvalue weighted by atomic mass is 16.4. The molecular weight excluding hydrogens is 236 g/mol. The van der Waals surface area contributed by atoms with Crippen molar-refractivity contribution < 1.29 is 25.2 Å². The molecule has 0 radical (unpaired) electrons. The predicted molar refractivity (Wildman–Crippen MR) is 63.2 cm³/mol. The molecule has 0 saturated heterocycles. The molecule has 0 bridgehead atoms. The number of aldehydes is 1. The van der Waals surface area contributed by atoms with Crippen LogP contribution in [0.5, 0.6) is 0 Å². The number of rotatable bonds is 2. The van der Waals surface area contributed by atoms with Crippen LogP contribution in [0.25, 0.3) is 0 Å². The zero-order valence-electron chi connectivity index (χ0n) is 9.68. The number of aliphatic hydroxyl groups is 4. The molecule has 98 valence electrons. The molecule has 1 saturated carbocycles. The topological polar surface area (TPSA) is 98.0 Å². The smallest absolute Gasteiger partial charge is 0.150 e. The minimum atomic E-state index is -1.42. The van der Waals surface area contributed by atoms with Gasteiger partial charge in [-0.3, -0.25) is 4.79 Å². The number of carbonyl (C=O) groups excluding carboxylic acids is 1. The van der Waals surface area contributed by atoms with Crippen molar-refractivity contribution in [2.24, 2.45) is 0 Å². The Kier molecular flexibility index (Phi) is 3.77. The summed E-state index contributed by atoms with van der Waals surface area (Å²) in [6, 6.07) is 6.70. The van der Waals surface area contributed by atoms with Gasteiger partial charge in [-0.15, -0.1) is 0 Å². The standard InChI is InChI=1S/C13H16O5/c14-6-7-3-1-2-4-8(7)9-5-10(15)12(17)13(18)11(9)16/h1-4,6,9-13,15-18H,5H2. The van der Waals surface area contributed by atoms with Crippen molar-refractivity contribution >= 4 is 6.29 Å². The molecular formula is C13H16O5. The fraction of sp³-hybridized carbons (Fsp3) is 0.462. The van der Waals surface area contributed by atoms with E-state index in [0.717, 1.165) is 0 Å². The van der Waals surface area contributed by atoms with Gasteiger partial charge in [0.1, 0.15) is 18.5 Å². The first-order valence-electron chi connectivity index (χ1n) is 5.82. The van der Waals surface area contributed by atoms with Gasteiger partial charge in [0.05, 0.1) is 12.2 Å². The summed E-state index contributed by atoms with van der Waals surface area (Å²) < 4.78 is 0. The van der Waals surface area contributed by atoms with Crippen LogP contribution in [0.3, 0.4) is 0 Å². The molecule has 2 rings (SSSR count). The van der Waals surface area contributed by atoms with Crippen LogP contribution in [0.15, 0.2) is 24.3 Å². The van der Waals surface area contributed by atoms with E-state index in [1.54, 1.807) is 24.3 Å². The van der Waals surface area contributed by atoms with Crippen LogP contribution in [0.1, 0.15) is 28.3 Å². The molecule has 1 aromatic rings. The van der Waals surface area contributed by atoms with Gasteiger partial charge in [-0.1, -0.05) is 24.3 Å². The van der Waals surface area contributed by atoms with E-state index < -0.39 is 30.3 Å². The normalized spacial score (nSPS) is 36.3. The van der Waals surface area contributed by atoms with Gasteiger partial charge in [-0.2, -0.15) is 0 Å². The Bertz CT molecular complexity index is 433. The minimum absolute atomic E-state index is 0.101. The Morgan fingerprint density at radius 3 is 2.33 bits per heavy atom. The lowest BCUT2D eigenvalue weighted by Crippen LogP contribution is -2.52. The maximum atomic E-state index is 10.9. The summed E-state index contributed by atoms with van der Waals surface area (Å²) in [6.07, 6.45) is -4.33. The molecule has 1 fully saturated rings. The van der Waals surface area contributed by atoms with Crippen LogP contribution in [0.2, 0.25) is 0 Å². The Labute approximate surface area is 104 Å². The molecule has 0 spiro atoms. The zero-order chi connectivity index (χ0) is 13.3. The fourth-order valence-electron chi connectivity index (χ4n) is 2.47. The SMILES string of the molecule is O=Cc1ccccc1C1CC(O)C(O)C(O)C1O. The van der Waals surface area contributed by atoms with Crippen LogP contribution in [0, 0.1) is 0 Å². The molecule has 4 N–H and O–H groups in total. The third kappa shape index (κ3) is 2.18. The average Bonchev–Trinajstić information content (AvgIpc) is 2.40. The molecule has 0 aromatic heterocycles. The molecule has 1 aliphatic carbocycles. The number of aliphatic hydroxyl groups excluding tert-OH is 4. The number of benzene rings is 1. The summed E-state index contributed by atoms with van der Waals surface area (Å²) >= 11 is 0. The first kappa shape index (κ1) is 13.2. The van der Waals surface area contributed by atoms with Gasteiger partial charge in [0.15, 0.2) is 0 Å². The maximum Gasteiger partial charge on any atom is 0.150 e. The molecule has 5 atom stereocenters. The van der Waals surface area contributed by atoms with Crippen molar-refractivity contribution in [1.82, 2.24) is 0 Å². The first-order valence-corrected chi connectivity index (χ1v) is 5.82. The van der Waals surface area contributed by atoms with E-state index in [0.29, 0.717) is 17.4 Å². The average molecular weight is 252 g/mol. The molecule has 0 heterocycles. The maximum absolute atomic E-state index is 10.9. The van der Waals surface area contributed by atoms with Crippen LogP contribution < -0.4 is 0 Å². The van der Waals surface area contributed by atoms with Crippen LogP contribution in [-0.2, 0) is 0 Å². The summed E-state index contributed by atoms with van der Waals surface area (Å²) in [7, 11) is 0. The summed E-state index contributed by atoms with van der Waals surface area (Å²) in [6.45, 7) is 0. The Hall–Kier alpha value is -1.27. The van der Waals surface area contributed by atoms with Gasteiger partial charge < -0.3 is 20.4 Å². The monoisotopic (exact) mass is 252 g/mol. The molecule has 1 aromatic carbocycles. The number of hydrogen-bond donors (Lipinski definition) is 4. The predicted octanol–water partition coefficient (Wildman–Crippen LogP) is -0.570. The second-order valence-electron chi connectivity index (χ2n) is 4.63. The lowest BCUT2D eigenvalue weighted by molar-refractivity contribution is -0.143. The molecule has 0 aliphatic heterocycles. The molecule has 1 aliphatic rings. The highest BCUT2D eigenvalue weighted by Crippen LogP contribution is 2.35. The van der Waals surface area contributed by atoms with Gasteiger partial charge in [0.2, 0.25) is 0 Å². The van der Waals surface area contributed by atoms with Crippen molar-refractivity contribution in [2.75, 3.05) is 0 Å². The van der Waals surface area contributed by atoms with Crippen molar-refractivity contribution in [3.05, 3.63) is 35.4 Å². The second-order valence-corrected chi connectivity index (χ2v) is 4.63. The van der Waals surface area contributed by atoms with Crippen molar-refractivity contribution in [3.8, 4) is 0 Å². The van der Waals surface area contributed by atoms with Crippen LogP contribution in [-0.4, -0.2) is 51.1 Å². The van der Waals surface area contributed by atoms with E-state index in [1.165, 1.54) is 0 Å². The van der Waals surface area contributed by atoms with E-state index in [9.17, 15) is 25.2 Å². The molecule has 5 unspecified atom stereocenters. The lowest BCUT2D eigenvalue weighted by atomic mass is 9.76. The third-order valence-corrected chi connectivity index (χ3v) is 3.52. The summed E-state index contributed by atoms with van der Waals surface area (Å²) in [5.41, 5.74) is 0.988. The fourth-order valence-corrected chi connectivity index (χ4v) is 2.47. The highest BCUT2D eigenvalue weighted by Gasteiger charge is 2.42. The quantitative estimate of drug-likeness (QED) is 0.528. The van der Waals surface area contributed by atoms with Crippen LogP contribution in [0.4, 0.5) is 0 Å². The molecule has 5 heteroatoms. The van der Waals surface area contributed by atoms with Gasteiger partial charge >= 0.3 is 0 Å². The zero-order valence-corrected chi connectivity index (χ0v) is 9.68. The Morgan fingerprint density at radius 2 is 1.67 bits per heavy atom. The van der Waals surface area contributed by atoms with Gasteiger partial charge in [-0.05, 0) is 12.0 Å². The summed E-state index contributed by atoms with van der Waals surface area (Å²) in [5.74, 6) is -0.570. The number of carbonyl (C=O) groups is 1. The molecule has 5 nitrogen and oxygen atoms in total. The summed E-state index contributed by atoms with van der Waals surface area (Å²) in [5, 5.41) is 38.8.